The van der Waals surface area contributed by atoms with Gasteiger partial charge in [0.2, 0.25) is 0 Å². The van der Waals surface area contributed by atoms with E-state index in [9.17, 15) is 13.6 Å². The van der Waals surface area contributed by atoms with Crippen LogP contribution < -0.4 is 5.73 Å². The van der Waals surface area contributed by atoms with E-state index in [-0.39, 0.29) is 17.7 Å². The zero-order valence-corrected chi connectivity index (χ0v) is 8.67. The summed E-state index contributed by atoms with van der Waals surface area (Å²) in [7, 11) is 1.25. The first-order valence-electron chi connectivity index (χ1n) is 4.52. The van der Waals surface area contributed by atoms with Crippen molar-refractivity contribution < 1.29 is 18.3 Å². The molecule has 0 amide bonds. The van der Waals surface area contributed by atoms with Gasteiger partial charge in [-0.2, -0.15) is 0 Å². The molecule has 16 heavy (non-hydrogen) atoms. The molecule has 1 aromatic rings. The quantitative estimate of drug-likeness (QED) is 0.635. The molecule has 0 fully saturated rings. The summed E-state index contributed by atoms with van der Waals surface area (Å²) in [5, 5.41) is 0. The van der Waals surface area contributed by atoms with Crippen LogP contribution in [0.3, 0.4) is 0 Å². The number of carbonyl (C=O) groups excluding carboxylic acids is 1. The van der Waals surface area contributed by atoms with Crippen molar-refractivity contribution in [3.63, 3.8) is 0 Å². The minimum absolute atomic E-state index is 0.00670. The minimum Gasteiger partial charge on any atom is -0.469 e. The highest BCUT2D eigenvalue weighted by Crippen LogP contribution is 2.19. The smallest absolute Gasteiger partial charge is 0.309 e. The van der Waals surface area contributed by atoms with Gasteiger partial charge in [-0.25, -0.2) is 8.78 Å². The first-order valence-corrected chi connectivity index (χ1v) is 4.52. The zero-order valence-electron chi connectivity index (χ0n) is 8.67. The summed E-state index contributed by atoms with van der Waals surface area (Å²) < 4.78 is 30.3. The Morgan fingerprint density at radius 2 is 2.19 bits per heavy atom. The molecule has 2 N–H and O–H groups in total. The van der Waals surface area contributed by atoms with E-state index in [0.29, 0.717) is 0 Å². The van der Waals surface area contributed by atoms with Crippen LogP contribution in [0.4, 0.5) is 14.5 Å². The van der Waals surface area contributed by atoms with Gasteiger partial charge >= 0.3 is 5.97 Å². The molecule has 5 heteroatoms. The molecule has 0 aliphatic carbocycles. The fraction of sp³-hybridized carbons (Fsp3) is 0.182. The number of rotatable bonds is 3. The second kappa shape index (κ2) is 5.25. The lowest BCUT2D eigenvalue weighted by molar-refractivity contribution is -0.139. The molecule has 0 unspecified atom stereocenters. The predicted molar refractivity (Wildman–Crippen MR) is 56.4 cm³/mol. The first kappa shape index (κ1) is 12.2. The number of anilines is 1. The summed E-state index contributed by atoms with van der Waals surface area (Å²) in [6, 6.07) is 1.75. The number of methoxy groups -OCH3 is 1. The molecular formula is C11H11F2NO2. The largest absolute Gasteiger partial charge is 0.469 e. The molecule has 0 spiro atoms. The molecule has 3 nitrogen and oxygen atoms in total. The van der Waals surface area contributed by atoms with Crippen molar-refractivity contribution in [2.24, 2.45) is 0 Å². The van der Waals surface area contributed by atoms with Crippen molar-refractivity contribution in [1.82, 2.24) is 0 Å². The van der Waals surface area contributed by atoms with Gasteiger partial charge in [-0.15, -0.1) is 0 Å². The molecule has 0 aliphatic rings. The van der Waals surface area contributed by atoms with Crippen molar-refractivity contribution >= 4 is 17.7 Å². The van der Waals surface area contributed by atoms with Gasteiger partial charge in [-0.1, -0.05) is 12.2 Å². The van der Waals surface area contributed by atoms with E-state index >= 15 is 0 Å². The highest BCUT2D eigenvalue weighted by Gasteiger charge is 2.06. The van der Waals surface area contributed by atoms with E-state index in [4.69, 9.17) is 5.73 Å². The Bertz CT molecular complexity index is 407. The maximum absolute atomic E-state index is 13.2. The van der Waals surface area contributed by atoms with Crippen LogP contribution in [0.15, 0.2) is 18.2 Å². The molecule has 86 valence electrons. The number of esters is 1. The van der Waals surface area contributed by atoms with E-state index in [2.05, 4.69) is 4.74 Å². The van der Waals surface area contributed by atoms with Gasteiger partial charge in [0.15, 0.2) is 0 Å². The topological polar surface area (TPSA) is 52.3 Å². The number of hydrogen-bond acceptors (Lipinski definition) is 3. The van der Waals surface area contributed by atoms with E-state index in [1.807, 2.05) is 0 Å². The van der Waals surface area contributed by atoms with Gasteiger partial charge in [0.25, 0.3) is 0 Å². The maximum atomic E-state index is 13.2. The average molecular weight is 227 g/mol. The third-order valence-corrected chi connectivity index (χ3v) is 1.92. The summed E-state index contributed by atoms with van der Waals surface area (Å²) >= 11 is 0. The van der Waals surface area contributed by atoms with Crippen molar-refractivity contribution in [2.45, 2.75) is 6.42 Å². The second-order valence-corrected chi connectivity index (χ2v) is 3.07. The monoisotopic (exact) mass is 227 g/mol. The van der Waals surface area contributed by atoms with E-state index in [0.717, 1.165) is 12.1 Å². The molecule has 0 saturated carbocycles. The van der Waals surface area contributed by atoms with Crippen LogP contribution in [0.1, 0.15) is 12.0 Å². The summed E-state index contributed by atoms with van der Waals surface area (Å²) in [4.78, 5) is 10.8. The van der Waals surface area contributed by atoms with Gasteiger partial charge in [0, 0.05) is 17.3 Å². The van der Waals surface area contributed by atoms with Gasteiger partial charge in [0.1, 0.15) is 11.6 Å². The molecule has 0 saturated heterocycles. The lowest BCUT2D eigenvalue weighted by Gasteiger charge is -2.02. The average Bonchev–Trinajstić information content (AvgIpc) is 2.21. The Kier molecular flexibility index (Phi) is 3.99. The number of hydrogen-bond donors (Lipinski definition) is 1. The summed E-state index contributed by atoms with van der Waals surface area (Å²) in [5.41, 5.74) is 5.47. The van der Waals surface area contributed by atoms with E-state index in [1.54, 1.807) is 0 Å². The number of nitrogen functional groups attached to an aromatic ring is 1. The molecular weight excluding hydrogens is 216 g/mol. The first-order chi connectivity index (χ1) is 7.54. The fourth-order valence-corrected chi connectivity index (χ4v) is 1.14. The van der Waals surface area contributed by atoms with E-state index < -0.39 is 17.6 Å². The van der Waals surface area contributed by atoms with Gasteiger partial charge < -0.3 is 10.5 Å². The molecule has 0 heterocycles. The number of ether oxygens (including phenoxy) is 1. The lowest BCUT2D eigenvalue weighted by Crippen LogP contribution is -1.98. The number of halogens is 2. The highest BCUT2D eigenvalue weighted by molar-refractivity contribution is 5.73. The van der Waals surface area contributed by atoms with Crippen molar-refractivity contribution in [2.75, 3.05) is 12.8 Å². The van der Waals surface area contributed by atoms with Crippen LogP contribution in [-0.2, 0) is 9.53 Å². The third kappa shape index (κ3) is 3.05. The molecule has 0 radical (unpaired) electrons. The van der Waals surface area contributed by atoms with Crippen LogP contribution in [0, 0.1) is 11.6 Å². The minimum atomic E-state index is -0.765. The standard InChI is InChI=1S/C11H11F2NO2/c1-16-11(15)4-2-3-8-9(13)5-7(12)6-10(8)14/h2-3,5-6H,4,14H2,1H3. The van der Waals surface area contributed by atoms with Crippen LogP contribution in [0.5, 0.6) is 0 Å². The van der Waals surface area contributed by atoms with Crippen LogP contribution in [0.25, 0.3) is 6.08 Å². The number of benzene rings is 1. The van der Waals surface area contributed by atoms with Gasteiger partial charge in [0.05, 0.1) is 13.5 Å². The van der Waals surface area contributed by atoms with E-state index in [1.165, 1.54) is 19.3 Å². The van der Waals surface area contributed by atoms with Crippen molar-refractivity contribution in [3.8, 4) is 0 Å². The SMILES string of the molecule is COC(=O)CC=Cc1c(N)cc(F)cc1F. The van der Waals surface area contributed by atoms with Crippen molar-refractivity contribution in [3.05, 3.63) is 35.4 Å². The summed E-state index contributed by atoms with van der Waals surface area (Å²) in [6.45, 7) is 0. The molecule has 0 atom stereocenters. The fourth-order valence-electron chi connectivity index (χ4n) is 1.14. The Morgan fingerprint density at radius 1 is 1.50 bits per heavy atom. The van der Waals surface area contributed by atoms with Crippen LogP contribution in [-0.4, -0.2) is 13.1 Å². The Hall–Kier alpha value is -1.91. The van der Waals surface area contributed by atoms with Gasteiger partial charge in [-0.3, -0.25) is 4.79 Å². The molecule has 1 aromatic carbocycles. The third-order valence-electron chi connectivity index (χ3n) is 1.92. The molecule has 1 rings (SSSR count). The normalized spacial score (nSPS) is 10.7. The molecule has 0 aromatic heterocycles. The van der Waals surface area contributed by atoms with Crippen LogP contribution >= 0.6 is 0 Å². The van der Waals surface area contributed by atoms with Crippen molar-refractivity contribution in [1.29, 1.82) is 0 Å². The van der Waals surface area contributed by atoms with Gasteiger partial charge in [-0.05, 0) is 6.07 Å². The van der Waals surface area contributed by atoms with Crippen LogP contribution in [0.2, 0.25) is 0 Å². The lowest BCUT2D eigenvalue weighted by atomic mass is 10.1. The predicted octanol–water partition coefficient (Wildman–Crippen LogP) is 2.12. The number of nitrogens with two attached hydrogens (primary N) is 1. The summed E-state index contributed by atoms with van der Waals surface area (Å²) in [5.74, 6) is -1.95. The zero-order chi connectivity index (χ0) is 12.1. The Balaban J connectivity index is 2.85. The highest BCUT2D eigenvalue weighted by atomic mass is 19.1. The Labute approximate surface area is 91.5 Å². The molecule has 0 aliphatic heterocycles. The molecule has 0 bridgehead atoms. The Morgan fingerprint density at radius 3 is 2.75 bits per heavy atom. The maximum Gasteiger partial charge on any atom is 0.309 e. The number of carbonyl (C=O) groups is 1. The second-order valence-electron chi connectivity index (χ2n) is 3.07. The summed E-state index contributed by atoms with van der Waals surface area (Å²) in [6.07, 6.45) is 2.73.